The number of hydrogen-bond acceptors (Lipinski definition) is 3. The topological polar surface area (TPSA) is 43.1 Å². The van der Waals surface area contributed by atoms with Gasteiger partial charge in [-0.15, -0.1) is 0 Å². The third-order valence-corrected chi connectivity index (χ3v) is 4.15. The molecule has 8 heteroatoms. The van der Waals surface area contributed by atoms with Gasteiger partial charge >= 0.3 is 6.18 Å². The Bertz CT molecular complexity index is 899. The van der Waals surface area contributed by atoms with Crippen LogP contribution in [0.4, 0.5) is 13.2 Å². The van der Waals surface area contributed by atoms with E-state index in [9.17, 15) is 13.2 Å². The van der Waals surface area contributed by atoms with Gasteiger partial charge in [0.15, 0.2) is 0 Å². The molecule has 1 aromatic carbocycles. The van der Waals surface area contributed by atoms with Crippen LogP contribution in [0.5, 0.6) is 0 Å². The van der Waals surface area contributed by atoms with E-state index in [4.69, 9.17) is 11.6 Å². The van der Waals surface area contributed by atoms with Gasteiger partial charge in [-0.25, -0.2) is 4.98 Å². The van der Waals surface area contributed by atoms with Gasteiger partial charge in [0.2, 0.25) is 0 Å². The van der Waals surface area contributed by atoms with E-state index in [-0.39, 0.29) is 5.02 Å². The van der Waals surface area contributed by atoms with Crippen molar-refractivity contribution in [3.63, 3.8) is 0 Å². The zero-order valence-corrected chi connectivity index (χ0v) is 12.4. The zero-order valence-electron chi connectivity index (χ0n) is 11.7. The van der Waals surface area contributed by atoms with Gasteiger partial charge in [0.25, 0.3) is 5.78 Å². The van der Waals surface area contributed by atoms with E-state index in [1.165, 1.54) is 16.9 Å². The van der Waals surface area contributed by atoms with Gasteiger partial charge in [0.1, 0.15) is 6.33 Å². The molecule has 1 aliphatic carbocycles. The predicted molar refractivity (Wildman–Crippen MR) is 78.2 cm³/mol. The average Bonchev–Trinajstić information content (AvgIpc) is 3.23. The highest BCUT2D eigenvalue weighted by Gasteiger charge is 2.31. The molecule has 4 nitrogen and oxygen atoms in total. The second-order valence-electron chi connectivity index (χ2n) is 5.50. The molecule has 0 saturated heterocycles. The van der Waals surface area contributed by atoms with Crippen molar-refractivity contribution in [3.05, 3.63) is 46.9 Å². The summed E-state index contributed by atoms with van der Waals surface area (Å²) in [5.74, 6) is 0.795. The van der Waals surface area contributed by atoms with E-state index in [0.29, 0.717) is 23.0 Å². The first kappa shape index (κ1) is 14.4. The van der Waals surface area contributed by atoms with Crippen LogP contribution in [0.25, 0.3) is 17.0 Å². The molecule has 0 atom stereocenters. The Hall–Kier alpha value is -2.15. The number of aromatic nitrogens is 4. The highest BCUT2D eigenvalue weighted by atomic mass is 35.5. The molecule has 0 unspecified atom stereocenters. The number of fused-ring (bicyclic) bond motifs is 1. The summed E-state index contributed by atoms with van der Waals surface area (Å²) in [6.07, 6.45) is -0.961. The summed E-state index contributed by atoms with van der Waals surface area (Å²) in [7, 11) is 0. The minimum Gasteiger partial charge on any atom is -0.216 e. The molecular formula is C15H10ClF3N4. The van der Waals surface area contributed by atoms with Gasteiger partial charge in [0, 0.05) is 17.2 Å². The summed E-state index contributed by atoms with van der Waals surface area (Å²) >= 11 is 6.10. The van der Waals surface area contributed by atoms with Crippen molar-refractivity contribution >= 4 is 17.4 Å². The van der Waals surface area contributed by atoms with Crippen molar-refractivity contribution in [3.8, 4) is 11.3 Å². The Labute approximate surface area is 133 Å². The monoisotopic (exact) mass is 338 g/mol. The van der Waals surface area contributed by atoms with Crippen LogP contribution in [-0.4, -0.2) is 19.6 Å². The van der Waals surface area contributed by atoms with Crippen molar-refractivity contribution in [2.45, 2.75) is 24.9 Å². The third-order valence-electron chi connectivity index (χ3n) is 3.84. The Morgan fingerprint density at radius 2 is 1.96 bits per heavy atom. The second-order valence-corrected chi connectivity index (χ2v) is 5.91. The van der Waals surface area contributed by atoms with E-state index >= 15 is 0 Å². The van der Waals surface area contributed by atoms with E-state index in [0.717, 1.165) is 30.7 Å². The first-order valence-electron chi connectivity index (χ1n) is 7.01. The number of rotatable bonds is 2. The molecule has 0 radical (unpaired) electrons. The van der Waals surface area contributed by atoms with Gasteiger partial charge < -0.3 is 0 Å². The summed E-state index contributed by atoms with van der Waals surface area (Å²) in [4.78, 5) is 8.52. The summed E-state index contributed by atoms with van der Waals surface area (Å²) in [5, 5.41) is 4.11. The predicted octanol–water partition coefficient (Wildman–Crippen LogP) is 4.34. The molecule has 23 heavy (non-hydrogen) atoms. The number of nitrogens with zero attached hydrogens (tertiary/aromatic N) is 4. The minimum atomic E-state index is -4.43. The molecule has 1 saturated carbocycles. The Balaban J connectivity index is 1.90. The van der Waals surface area contributed by atoms with Crippen LogP contribution in [0.1, 0.15) is 30.0 Å². The highest BCUT2D eigenvalue weighted by Crippen LogP contribution is 2.41. The van der Waals surface area contributed by atoms with Gasteiger partial charge in [-0.2, -0.15) is 27.8 Å². The summed E-state index contributed by atoms with van der Waals surface area (Å²) in [6, 6.07) is 5.13. The standard InChI is InChI=1S/C15H10ClF3N4/c16-11-5-9(15(17,18)19)3-4-10(11)13-6-12(8-1-2-8)22-14-20-7-21-23(13)14/h3-8H,1-2H2. The van der Waals surface area contributed by atoms with Crippen molar-refractivity contribution in [2.75, 3.05) is 0 Å². The number of benzene rings is 1. The number of alkyl halides is 3. The minimum absolute atomic E-state index is 0.0181. The lowest BCUT2D eigenvalue weighted by Gasteiger charge is -2.11. The summed E-state index contributed by atoms with van der Waals surface area (Å²) in [6.45, 7) is 0. The molecule has 0 amide bonds. The summed E-state index contributed by atoms with van der Waals surface area (Å²) in [5.41, 5.74) is 1.15. The molecule has 118 valence electrons. The van der Waals surface area contributed by atoms with Crippen molar-refractivity contribution in [1.82, 2.24) is 19.6 Å². The third kappa shape index (κ3) is 2.55. The fourth-order valence-corrected chi connectivity index (χ4v) is 2.79. The average molecular weight is 339 g/mol. The van der Waals surface area contributed by atoms with Crippen LogP contribution >= 0.6 is 11.6 Å². The molecule has 2 heterocycles. The zero-order chi connectivity index (χ0) is 16.2. The van der Waals surface area contributed by atoms with Crippen molar-refractivity contribution in [1.29, 1.82) is 0 Å². The van der Waals surface area contributed by atoms with Crippen LogP contribution in [0.2, 0.25) is 5.02 Å². The molecule has 3 aromatic rings. The van der Waals surface area contributed by atoms with E-state index in [1.807, 2.05) is 6.07 Å². The summed E-state index contributed by atoms with van der Waals surface area (Å²) < 4.78 is 39.8. The Morgan fingerprint density at radius 1 is 1.17 bits per heavy atom. The molecule has 0 aliphatic heterocycles. The van der Waals surface area contributed by atoms with Crippen LogP contribution in [-0.2, 0) is 6.18 Å². The quantitative estimate of drug-likeness (QED) is 0.698. The van der Waals surface area contributed by atoms with E-state index < -0.39 is 11.7 Å². The Kier molecular flexibility index (Phi) is 3.09. The maximum atomic E-state index is 12.8. The lowest BCUT2D eigenvalue weighted by Crippen LogP contribution is -2.05. The smallest absolute Gasteiger partial charge is 0.216 e. The highest BCUT2D eigenvalue weighted by molar-refractivity contribution is 6.33. The normalized spacial score (nSPS) is 15.3. The van der Waals surface area contributed by atoms with Crippen molar-refractivity contribution in [2.24, 2.45) is 0 Å². The maximum Gasteiger partial charge on any atom is 0.416 e. The van der Waals surface area contributed by atoms with E-state index in [2.05, 4.69) is 15.1 Å². The van der Waals surface area contributed by atoms with Crippen molar-refractivity contribution < 1.29 is 13.2 Å². The molecule has 0 bridgehead atoms. The number of halogens is 4. The molecule has 1 fully saturated rings. The van der Waals surface area contributed by atoms with Crippen LogP contribution in [0.15, 0.2) is 30.6 Å². The SMILES string of the molecule is FC(F)(F)c1ccc(-c2cc(C3CC3)nc3ncnn23)c(Cl)c1. The fraction of sp³-hybridized carbons (Fsp3) is 0.267. The van der Waals surface area contributed by atoms with Gasteiger partial charge in [-0.3, -0.25) is 0 Å². The molecular weight excluding hydrogens is 329 g/mol. The molecule has 0 spiro atoms. The van der Waals surface area contributed by atoms with Gasteiger partial charge in [-0.1, -0.05) is 17.7 Å². The van der Waals surface area contributed by atoms with Crippen LogP contribution in [0, 0.1) is 0 Å². The first-order chi connectivity index (χ1) is 10.9. The Morgan fingerprint density at radius 3 is 2.61 bits per heavy atom. The lowest BCUT2D eigenvalue weighted by atomic mass is 10.1. The van der Waals surface area contributed by atoms with Crippen LogP contribution in [0.3, 0.4) is 0 Å². The molecule has 2 aromatic heterocycles. The number of hydrogen-bond donors (Lipinski definition) is 0. The fourth-order valence-electron chi connectivity index (χ4n) is 2.51. The maximum absolute atomic E-state index is 12.8. The van der Waals surface area contributed by atoms with Gasteiger partial charge in [-0.05, 0) is 31.0 Å². The van der Waals surface area contributed by atoms with E-state index in [1.54, 1.807) is 0 Å². The molecule has 0 N–H and O–H groups in total. The first-order valence-corrected chi connectivity index (χ1v) is 7.39. The van der Waals surface area contributed by atoms with Crippen LogP contribution < -0.4 is 0 Å². The molecule has 4 rings (SSSR count). The lowest BCUT2D eigenvalue weighted by molar-refractivity contribution is -0.137. The largest absolute Gasteiger partial charge is 0.416 e. The molecule has 1 aliphatic rings. The van der Waals surface area contributed by atoms with Gasteiger partial charge in [0.05, 0.1) is 16.3 Å². The second kappa shape index (κ2) is 4.92.